The lowest BCUT2D eigenvalue weighted by Gasteiger charge is -2.19. The maximum Gasteiger partial charge on any atom is 0.243 e. The van der Waals surface area contributed by atoms with E-state index in [1.165, 1.54) is 11.8 Å². The van der Waals surface area contributed by atoms with Crippen molar-refractivity contribution in [1.82, 2.24) is 10.6 Å². The van der Waals surface area contributed by atoms with Crippen molar-refractivity contribution < 1.29 is 35.1 Å². The van der Waals surface area contributed by atoms with Crippen molar-refractivity contribution in [3.05, 3.63) is 0 Å². The number of carbonyl (C=O) groups is 4. The molecular formula is C16H28N3O6S-. The summed E-state index contributed by atoms with van der Waals surface area (Å²) in [6.07, 6.45) is 4.21. The van der Waals surface area contributed by atoms with Crippen molar-refractivity contribution in [3.63, 3.8) is 0 Å². The molecule has 26 heavy (non-hydrogen) atoms. The normalized spacial score (nSPS) is 12.8. The molecule has 2 unspecified atom stereocenters. The first-order valence-electron chi connectivity index (χ1n) is 8.66. The van der Waals surface area contributed by atoms with Crippen LogP contribution in [0.1, 0.15) is 45.4 Å². The Bertz CT molecular complexity index is 475. The summed E-state index contributed by atoms with van der Waals surface area (Å²) in [4.78, 5) is 45.0. The molecule has 5 N–H and O–H groups in total. The molecule has 0 saturated heterocycles. The zero-order valence-electron chi connectivity index (χ0n) is 15.1. The highest BCUT2D eigenvalue weighted by Gasteiger charge is 2.21. The van der Waals surface area contributed by atoms with Crippen LogP contribution in [0.15, 0.2) is 0 Å². The second kappa shape index (κ2) is 14.4. The van der Waals surface area contributed by atoms with Crippen LogP contribution in [-0.2, 0) is 19.2 Å². The molecule has 0 aromatic carbocycles. The highest BCUT2D eigenvalue weighted by molar-refractivity contribution is 7.99. The van der Waals surface area contributed by atoms with Gasteiger partial charge in [-0.2, -0.15) is 11.8 Å². The molecule has 0 aliphatic heterocycles. The van der Waals surface area contributed by atoms with E-state index in [1.807, 2.05) is 0 Å². The predicted molar refractivity (Wildman–Crippen MR) is 92.3 cm³/mol. The van der Waals surface area contributed by atoms with E-state index < -0.39 is 42.4 Å². The summed E-state index contributed by atoms with van der Waals surface area (Å²) in [6, 6.07) is -1.91. The number of unbranched alkanes of at least 4 members (excludes halogenated alkanes) is 3. The number of carbonyl (C=O) groups excluding carboxylic acids is 4. The molecule has 0 aliphatic rings. The summed E-state index contributed by atoms with van der Waals surface area (Å²) in [5, 5.41) is 25.8. The van der Waals surface area contributed by atoms with Crippen LogP contribution < -0.4 is 26.6 Å². The van der Waals surface area contributed by atoms with Crippen LogP contribution in [0.4, 0.5) is 0 Å². The number of rotatable bonds is 15. The van der Waals surface area contributed by atoms with E-state index in [2.05, 4.69) is 23.3 Å². The van der Waals surface area contributed by atoms with Crippen LogP contribution in [0.2, 0.25) is 0 Å². The van der Waals surface area contributed by atoms with Gasteiger partial charge in [0.1, 0.15) is 12.1 Å². The van der Waals surface area contributed by atoms with Gasteiger partial charge in [-0.3, -0.25) is 9.59 Å². The number of hydrogen-bond acceptors (Lipinski definition) is 7. The topological polar surface area (TPSA) is 166 Å². The number of amides is 2. The molecule has 2 atom stereocenters. The molecule has 9 nitrogen and oxygen atoms in total. The maximum atomic E-state index is 12.0. The lowest BCUT2D eigenvalue weighted by molar-refractivity contribution is -0.438. The Kier molecular flexibility index (Phi) is 13.4. The minimum absolute atomic E-state index is 0.00822. The number of hydrogen-bond donors (Lipinski definition) is 3. The van der Waals surface area contributed by atoms with Crippen molar-refractivity contribution >= 4 is 35.5 Å². The lowest BCUT2D eigenvalue weighted by Crippen LogP contribution is -2.68. The minimum atomic E-state index is -1.43. The molecule has 0 fully saturated rings. The standard InChI is InChI=1S/C16H29N3O6S/c1-2-3-4-5-8-26-10-12(15(23)18-9-14(21)22)19-13(20)7-6-11(17)16(24)25/h11-12H,2-10,17H2,1H3,(H,18,23)(H,19,20)(H,21,22)(H,24,25)/p-1. The molecule has 0 spiro atoms. The molecule has 2 amide bonds. The molecular weight excluding hydrogens is 362 g/mol. The average molecular weight is 390 g/mol. The summed E-state index contributed by atoms with van der Waals surface area (Å²) in [6.45, 7) is 1.47. The van der Waals surface area contributed by atoms with Crippen LogP contribution in [-0.4, -0.2) is 53.9 Å². The summed E-state index contributed by atoms with van der Waals surface area (Å²) in [5.74, 6) is -2.76. The van der Waals surface area contributed by atoms with E-state index in [0.29, 0.717) is 5.75 Å². The first-order chi connectivity index (χ1) is 12.3. The molecule has 0 saturated carbocycles. The number of thioether (sulfide) groups is 1. The molecule has 0 heterocycles. The summed E-state index contributed by atoms with van der Waals surface area (Å²) < 4.78 is 0. The molecule has 0 aliphatic carbocycles. The average Bonchev–Trinajstić information content (AvgIpc) is 2.59. The van der Waals surface area contributed by atoms with Gasteiger partial charge in [0.15, 0.2) is 0 Å². The van der Waals surface area contributed by atoms with Crippen molar-refractivity contribution in [2.24, 2.45) is 0 Å². The van der Waals surface area contributed by atoms with Crippen molar-refractivity contribution in [3.8, 4) is 0 Å². The number of carboxylic acids is 2. The Morgan fingerprint density at radius 3 is 2.38 bits per heavy atom. The van der Waals surface area contributed by atoms with Gasteiger partial charge in [-0.15, -0.1) is 0 Å². The van der Waals surface area contributed by atoms with Crippen molar-refractivity contribution in [2.75, 3.05) is 18.1 Å². The molecule has 0 aromatic rings. The Morgan fingerprint density at radius 1 is 1.12 bits per heavy atom. The molecule has 10 heteroatoms. The highest BCUT2D eigenvalue weighted by atomic mass is 32.2. The summed E-state index contributed by atoms with van der Waals surface area (Å²) in [5.41, 5.74) is 3.36. The number of aliphatic carboxylic acids is 2. The molecule has 0 bridgehead atoms. The molecule has 0 aromatic heterocycles. The van der Waals surface area contributed by atoms with Crippen LogP contribution in [0, 0.1) is 0 Å². The molecule has 0 rings (SSSR count). The highest BCUT2D eigenvalue weighted by Crippen LogP contribution is 2.09. The van der Waals surface area contributed by atoms with Gasteiger partial charge in [0.2, 0.25) is 11.8 Å². The monoisotopic (exact) mass is 390 g/mol. The van der Waals surface area contributed by atoms with E-state index in [0.717, 1.165) is 31.4 Å². The van der Waals surface area contributed by atoms with Gasteiger partial charge in [-0.05, 0) is 12.2 Å². The fraction of sp³-hybridized carbons (Fsp3) is 0.750. The van der Waals surface area contributed by atoms with E-state index >= 15 is 0 Å². The number of nitrogens with one attached hydrogen (secondary N) is 2. The maximum absolute atomic E-state index is 12.0. The van der Waals surface area contributed by atoms with Gasteiger partial charge in [0, 0.05) is 18.6 Å². The first kappa shape index (κ1) is 24.2. The second-order valence-corrected chi connectivity index (χ2v) is 7.05. The van der Waals surface area contributed by atoms with Crippen molar-refractivity contribution in [2.45, 2.75) is 57.5 Å². The zero-order valence-corrected chi connectivity index (χ0v) is 15.9. The minimum Gasteiger partial charge on any atom is -0.548 e. The van der Waals surface area contributed by atoms with Gasteiger partial charge in [-0.1, -0.05) is 26.2 Å². The molecule has 150 valence electrons. The van der Waals surface area contributed by atoms with Gasteiger partial charge in [0.05, 0.1) is 18.5 Å². The Labute approximate surface area is 157 Å². The van der Waals surface area contributed by atoms with E-state index in [4.69, 9.17) is 0 Å². The van der Waals surface area contributed by atoms with E-state index in [1.54, 1.807) is 0 Å². The van der Waals surface area contributed by atoms with Gasteiger partial charge >= 0.3 is 0 Å². The van der Waals surface area contributed by atoms with Crippen LogP contribution in [0.3, 0.4) is 0 Å². The second-order valence-electron chi connectivity index (χ2n) is 5.90. The van der Waals surface area contributed by atoms with Crippen LogP contribution in [0.25, 0.3) is 0 Å². The largest absolute Gasteiger partial charge is 0.548 e. The third kappa shape index (κ3) is 12.5. The SMILES string of the molecule is CCCCCCSCC(NC(=O)CCC([NH3+])C(=O)[O-])C(=O)NCC(=O)[O-]. The van der Waals surface area contributed by atoms with Gasteiger partial charge in [-0.25, -0.2) is 0 Å². The Morgan fingerprint density at radius 2 is 1.81 bits per heavy atom. The van der Waals surface area contributed by atoms with Crippen molar-refractivity contribution in [1.29, 1.82) is 0 Å². The van der Waals surface area contributed by atoms with E-state index in [9.17, 15) is 29.4 Å². The Balaban J connectivity index is 4.46. The van der Waals surface area contributed by atoms with Crippen LogP contribution >= 0.6 is 11.8 Å². The molecule has 0 radical (unpaired) electrons. The van der Waals surface area contributed by atoms with Gasteiger partial charge in [0.25, 0.3) is 0 Å². The number of carboxylic acid groups (broad SMARTS) is 2. The van der Waals surface area contributed by atoms with E-state index in [-0.39, 0.29) is 12.8 Å². The van der Waals surface area contributed by atoms with Gasteiger partial charge < -0.3 is 36.2 Å². The zero-order chi connectivity index (χ0) is 19.9. The quantitative estimate of drug-likeness (QED) is 0.247. The number of quaternary nitrogens is 1. The third-order valence-electron chi connectivity index (χ3n) is 3.54. The fourth-order valence-electron chi connectivity index (χ4n) is 1.99. The fourth-order valence-corrected chi connectivity index (χ4v) is 3.03. The smallest absolute Gasteiger partial charge is 0.243 e. The first-order valence-corrected chi connectivity index (χ1v) is 9.82. The Hall–Kier alpha value is -1.81. The lowest BCUT2D eigenvalue weighted by atomic mass is 10.1. The predicted octanol–water partition coefficient (Wildman–Crippen LogP) is -3.21. The summed E-state index contributed by atoms with van der Waals surface area (Å²) >= 11 is 1.49. The third-order valence-corrected chi connectivity index (χ3v) is 4.68. The van der Waals surface area contributed by atoms with Crippen LogP contribution in [0.5, 0.6) is 0 Å². The summed E-state index contributed by atoms with van der Waals surface area (Å²) in [7, 11) is 0.